The fourth-order valence-electron chi connectivity index (χ4n) is 3.44. The minimum absolute atomic E-state index is 0. The minimum atomic E-state index is -0.271. The molecule has 0 spiro atoms. The van der Waals surface area contributed by atoms with Gasteiger partial charge in [0.05, 0.1) is 26.9 Å². The smallest absolute Gasteiger partial charge is 0.255 e. The van der Waals surface area contributed by atoms with Gasteiger partial charge in [0.2, 0.25) is 11.5 Å². The maximum absolute atomic E-state index is 13.0. The van der Waals surface area contributed by atoms with E-state index in [0.717, 1.165) is 24.8 Å². The van der Waals surface area contributed by atoms with E-state index in [1.807, 2.05) is 30.3 Å². The molecular formula is C23H29ClN2O5. The summed E-state index contributed by atoms with van der Waals surface area (Å²) in [5, 5.41) is 3.00. The Bertz CT molecular complexity index is 915. The van der Waals surface area contributed by atoms with E-state index < -0.39 is 0 Å². The molecule has 1 amide bonds. The average Bonchev–Trinajstić information content (AvgIpc) is 3.27. The molecule has 1 aliphatic carbocycles. The van der Waals surface area contributed by atoms with E-state index in [9.17, 15) is 4.79 Å². The number of rotatable bonds is 9. The Kier molecular flexibility index (Phi) is 9.03. The fraction of sp³-hybridized carbons (Fsp3) is 0.348. The van der Waals surface area contributed by atoms with Gasteiger partial charge in [-0.25, -0.2) is 0 Å². The van der Waals surface area contributed by atoms with Crippen LogP contribution in [0, 0.1) is 0 Å². The van der Waals surface area contributed by atoms with E-state index in [-0.39, 0.29) is 24.4 Å². The highest BCUT2D eigenvalue weighted by Crippen LogP contribution is 2.48. The summed E-state index contributed by atoms with van der Waals surface area (Å²) in [5.41, 5.74) is 7.04. The van der Waals surface area contributed by atoms with E-state index in [2.05, 4.69) is 11.4 Å². The fourth-order valence-corrected chi connectivity index (χ4v) is 3.44. The normalized spacial score (nSPS) is 14.5. The molecule has 3 rings (SSSR count). The number of halogens is 1. The summed E-state index contributed by atoms with van der Waals surface area (Å²) in [6, 6.07) is 9.22. The molecule has 0 saturated heterocycles. The van der Waals surface area contributed by atoms with E-state index in [0.29, 0.717) is 40.9 Å². The molecule has 3 N–H and O–H groups in total. The SMILES string of the molecule is COc1c(Oc2ccc(CCN)cc2)cc(C(=O)NC2C=CCC2)c(OC)c1OC.Cl. The lowest BCUT2D eigenvalue weighted by atomic mass is 10.1. The first kappa shape index (κ1) is 24.4. The number of amides is 1. The number of nitrogens with two attached hydrogens (primary N) is 1. The molecule has 168 valence electrons. The molecule has 2 aromatic rings. The molecule has 0 aliphatic heterocycles. The van der Waals surface area contributed by atoms with Gasteiger partial charge < -0.3 is 30.0 Å². The van der Waals surface area contributed by atoms with Crippen LogP contribution >= 0.6 is 12.4 Å². The minimum Gasteiger partial charge on any atom is -0.492 e. The second kappa shape index (κ2) is 11.5. The van der Waals surface area contributed by atoms with Crippen molar-refractivity contribution in [3.05, 3.63) is 53.6 Å². The molecule has 0 aromatic heterocycles. The summed E-state index contributed by atoms with van der Waals surface area (Å²) in [6.45, 7) is 0.582. The van der Waals surface area contributed by atoms with Gasteiger partial charge in [-0.2, -0.15) is 0 Å². The first-order valence-corrected chi connectivity index (χ1v) is 9.88. The molecule has 31 heavy (non-hydrogen) atoms. The van der Waals surface area contributed by atoms with E-state index in [1.54, 1.807) is 6.07 Å². The Balaban J connectivity index is 0.00000341. The zero-order valence-electron chi connectivity index (χ0n) is 18.0. The lowest BCUT2D eigenvalue weighted by molar-refractivity contribution is 0.0940. The first-order valence-electron chi connectivity index (χ1n) is 9.88. The van der Waals surface area contributed by atoms with Crippen LogP contribution in [0.25, 0.3) is 0 Å². The van der Waals surface area contributed by atoms with Crippen molar-refractivity contribution in [1.29, 1.82) is 0 Å². The Morgan fingerprint density at radius 2 is 1.74 bits per heavy atom. The second-order valence-corrected chi connectivity index (χ2v) is 6.89. The van der Waals surface area contributed by atoms with Gasteiger partial charge in [0.15, 0.2) is 11.5 Å². The molecule has 0 saturated carbocycles. The highest BCUT2D eigenvalue weighted by molar-refractivity contribution is 5.99. The van der Waals surface area contributed by atoms with Crippen molar-refractivity contribution in [1.82, 2.24) is 5.32 Å². The maximum Gasteiger partial charge on any atom is 0.255 e. The number of benzene rings is 2. The third-order valence-electron chi connectivity index (χ3n) is 4.93. The van der Waals surface area contributed by atoms with Gasteiger partial charge >= 0.3 is 0 Å². The van der Waals surface area contributed by atoms with Gasteiger partial charge in [0, 0.05) is 12.1 Å². The highest BCUT2D eigenvalue weighted by Gasteiger charge is 2.27. The van der Waals surface area contributed by atoms with Crippen LogP contribution in [-0.2, 0) is 6.42 Å². The van der Waals surface area contributed by atoms with Crippen LogP contribution in [0.15, 0.2) is 42.5 Å². The molecule has 8 heteroatoms. The van der Waals surface area contributed by atoms with Crippen LogP contribution in [0.4, 0.5) is 0 Å². The van der Waals surface area contributed by atoms with Crippen molar-refractivity contribution < 1.29 is 23.7 Å². The van der Waals surface area contributed by atoms with Crippen LogP contribution in [0.1, 0.15) is 28.8 Å². The highest BCUT2D eigenvalue weighted by atomic mass is 35.5. The number of allylic oxidation sites excluding steroid dienone is 1. The summed E-state index contributed by atoms with van der Waals surface area (Å²) >= 11 is 0. The van der Waals surface area contributed by atoms with Gasteiger partial charge in [-0.15, -0.1) is 12.4 Å². The lowest BCUT2D eigenvalue weighted by Crippen LogP contribution is -2.32. The molecule has 7 nitrogen and oxygen atoms in total. The molecule has 1 unspecified atom stereocenters. The summed E-state index contributed by atoms with van der Waals surface area (Å²) in [7, 11) is 4.49. The maximum atomic E-state index is 13.0. The Morgan fingerprint density at radius 1 is 1.06 bits per heavy atom. The molecule has 1 atom stereocenters. The van der Waals surface area contributed by atoms with Gasteiger partial charge in [0.1, 0.15) is 5.75 Å². The molecule has 0 radical (unpaired) electrons. The molecule has 0 heterocycles. The third kappa shape index (κ3) is 5.62. The summed E-state index contributed by atoms with van der Waals surface area (Å²) in [6.07, 6.45) is 6.66. The van der Waals surface area contributed by atoms with Crippen LogP contribution in [0.2, 0.25) is 0 Å². The summed E-state index contributed by atoms with van der Waals surface area (Å²) in [4.78, 5) is 13.0. The predicted molar refractivity (Wildman–Crippen MR) is 122 cm³/mol. The van der Waals surface area contributed by atoms with E-state index in [1.165, 1.54) is 21.3 Å². The average molecular weight is 449 g/mol. The zero-order chi connectivity index (χ0) is 21.5. The van der Waals surface area contributed by atoms with Crippen LogP contribution in [0.3, 0.4) is 0 Å². The summed E-state index contributed by atoms with van der Waals surface area (Å²) in [5.74, 6) is 1.62. The largest absolute Gasteiger partial charge is 0.492 e. The Morgan fingerprint density at radius 3 is 2.29 bits per heavy atom. The first-order chi connectivity index (χ1) is 14.6. The number of hydrogen-bond acceptors (Lipinski definition) is 6. The standard InChI is InChI=1S/C23H28N2O5.ClH/c1-27-20-18(23(26)25-16-6-4-5-7-16)14-19(21(28-2)22(20)29-3)30-17-10-8-15(9-11-17)12-13-24;/h4,6,8-11,14,16H,5,7,12-13,24H2,1-3H3,(H,25,26);1H. The van der Waals surface area contributed by atoms with E-state index in [4.69, 9.17) is 24.7 Å². The Hall–Kier alpha value is -2.90. The van der Waals surface area contributed by atoms with E-state index >= 15 is 0 Å². The molecular weight excluding hydrogens is 420 g/mol. The van der Waals surface area contributed by atoms with Crippen molar-refractivity contribution in [3.63, 3.8) is 0 Å². The number of hydrogen-bond donors (Lipinski definition) is 2. The van der Waals surface area contributed by atoms with Crippen LogP contribution < -0.4 is 30.0 Å². The molecule has 0 bridgehead atoms. The van der Waals surface area contributed by atoms with Gasteiger partial charge in [-0.1, -0.05) is 24.3 Å². The number of methoxy groups -OCH3 is 3. The predicted octanol–water partition coefficient (Wildman–Crippen LogP) is 3.88. The van der Waals surface area contributed by atoms with Crippen LogP contribution in [-0.4, -0.2) is 39.8 Å². The lowest BCUT2D eigenvalue weighted by Gasteiger charge is -2.20. The second-order valence-electron chi connectivity index (χ2n) is 6.89. The zero-order valence-corrected chi connectivity index (χ0v) is 18.8. The molecule has 1 aliphatic rings. The third-order valence-corrected chi connectivity index (χ3v) is 4.93. The van der Waals surface area contributed by atoms with Crippen molar-refractivity contribution in [2.75, 3.05) is 27.9 Å². The quantitative estimate of drug-likeness (QED) is 0.565. The van der Waals surface area contributed by atoms with Crippen molar-refractivity contribution in [2.45, 2.75) is 25.3 Å². The molecule has 0 fully saturated rings. The number of nitrogens with one attached hydrogen (secondary N) is 1. The number of carbonyl (C=O) groups excluding carboxylic acids is 1. The van der Waals surface area contributed by atoms with Gasteiger partial charge in [-0.3, -0.25) is 4.79 Å². The topological polar surface area (TPSA) is 92.0 Å². The molecule has 2 aromatic carbocycles. The van der Waals surface area contributed by atoms with Crippen LogP contribution in [0.5, 0.6) is 28.7 Å². The number of carbonyl (C=O) groups is 1. The van der Waals surface area contributed by atoms with Gasteiger partial charge in [-0.05, 0) is 43.5 Å². The van der Waals surface area contributed by atoms with Crippen molar-refractivity contribution in [2.24, 2.45) is 5.73 Å². The monoisotopic (exact) mass is 448 g/mol. The Labute approximate surface area is 188 Å². The van der Waals surface area contributed by atoms with Crippen molar-refractivity contribution >= 4 is 18.3 Å². The van der Waals surface area contributed by atoms with Gasteiger partial charge in [0.25, 0.3) is 5.91 Å². The number of ether oxygens (including phenoxy) is 4. The summed E-state index contributed by atoms with van der Waals surface area (Å²) < 4.78 is 22.6. The van der Waals surface area contributed by atoms with Crippen molar-refractivity contribution in [3.8, 4) is 28.7 Å².